The first-order valence-corrected chi connectivity index (χ1v) is 15.3. The number of anilines is 1. The van der Waals surface area contributed by atoms with Crippen LogP contribution < -0.4 is 19.7 Å². The Morgan fingerprint density at radius 2 is 1.53 bits per heavy atom. The number of fused-ring (bicyclic) bond motifs is 1. The van der Waals surface area contributed by atoms with Crippen LogP contribution in [0.3, 0.4) is 0 Å². The number of halogens is 3. The van der Waals surface area contributed by atoms with Crippen LogP contribution in [0.25, 0.3) is 16.8 Å². The third-order valence-electron chi connectivity index (χ3n) is 7.14. The Balaban J connectivity index is 1.16. The van der Waals surface area contributed by atoms with E-state index in [2.05, 4.69) is 39.4 Å². The number of carbonyl (C=O) groups is 3. The summed E-state index contributed by atoms with van der Waals surface area (Å²) in [5.74, 6) is -0.442. The lowest BCUT2D eigenvalue weighted by Crippen LogP contribution is -2.54. The number of amides is 4. The van der Waals surface area contributed by atoms with E-state index in [1.807, 2.05) is 24.3 Å². The molecule has 10 heteroatoms. The van der Waals surface area contributed by atoms with E-state index in [9.17, 15) is 14.4 Å². The highest BCUT2D eigenvalue weighted by atomic mass is 79.9. The van der Waals surface area contributed by atoms with Gasteiger partial charge >= 0.3 is 6.03 Å². The molecule has 7 nitrogen and oxygen atoms in total. The number of hydrogen-bond acceptors (Lipinski definition) is 5. The molecule has 0 saturated carbocycles. The second kappa shape index (κ2) is 13.2. The van der Waals surface area contributed by atoms with Gasteiger partial charge in [0.2, 0.25) is 0 Å². The van der Waals surface area contributed by atoms with E-state index in [0.717, 1.165) is 26.8 Å². The van der Waals surface area contributed by atoms with Crippen molar-refractivity contribution < 1.29 is 23.9 Å². The van der Waals surface area contributed by atoms with Crippen LogP contribution in [0.15, 0.2) is 113 Å². The maximum Gasteiger partial charge on any atom is 0.335 e. The smallest absolute Gasteiger partial charge is 0.335 e. The summed E-state index contributed by atoms with van der Waals surface area (Å²) in [5, 5.41) is 5.50. The fraction of sp³-hybridized carbons (Fsp3) is 0.0571. The highest BCUT2D eigenvalue weighted by molar-refractivity contribution is 9.10. The zero-order chi connectivity index (χ0) is 31.5. The first-order chi connectivity index (χ1) is 21.8. The van der Waals surface area contributed by atoms with E-state index in [1.54, 1.807) is 60.7 Å². The van der Waals surface area contributed by atoms with Crippen LogP contribution in [-0.2, 0) is 22.8 Å². The van der Waals surface area contributed by atoms with Crippen molar-refractivity contribution in [2.45, 2.75) is 13.2 Å². The molecule has 5 aromatic rings. The Hall–Kier alpha value is -4.63. The number of urea groups is 1. The summed E-state index contributed by atoms with van der Waals surface area (Å²) >= 11 is 15.7. The zero-order valence-corrected chi connectivity index (χ0v) is 26.5. The minimum atomic E-state index is -0.845. The third-order valence-corrected chi connectivity index (χ3v) is 8.34. The molecule has 4 amide bonds. The van der Waals surface area contributed by atoms with Gasteiger partial charge in [-0.25, -0.2) is 9.69 Å². The van der Waals surface area contributed by atoms with Crippen LogP contribution in [0.4, 0.5) is 10.5 Å². The predicted molar refractivity (Wildman–Crippen MR) is 179 cm³/mol. The van der Waals surface area contributed by atoms with Gasteiger partial charge in [-0.2, -0.15) is 0 Å². The van der Waals surface area contributed by atoms with Gasteiger partial charge < -0.3 is 9.47 Å². The first kappa shape index (κ1) is 30.4. The molecule has 1 N–H and O–H groups in total. The molecule has 0 radical (unpaired) electrons. The minimum absolute atomic E-state index is 0.191. The van der Waals surface area contributed by atoms with Crippen molar-refractivity contribution in [3.8, 4) is 11.5 Å². The topological polar surface area (TPSA) is 84.9 Å². The van der Waals surface area contributed by atoms with Crippen molar-refractivity contribution in [2.24, 2.45) is 0 Å². The van der Waals surface area contributed by atoms with Crippen LogP contribution in [0.1, 0.15) is 16.7 Å². The highest BCUT2D eigenvalue weighted by Crippen LogP contribution is 2.30. The summed E-state index contributed by atoms with van der Waals surface area (Å²) in [7, 11) is 0. The molecule has 6 rings (SSSR count). The summed E-state index contributed by atoms with van der Waals surface area (Å²) in [6, 6.07) is 30.0. The highest BCUT2D eigenvalue weighted by Gasteiger charge is 2.36. The quantitative estimate of drug-likeness (QED) is 0.129. The SMILES string of the molecule is O=C1NC(=O)N(c2ccc(OCc3ccc(Cl)cc3Cl)cc2)C(=O)/C1=C/c1ccc(OCc2cccc3ccccc23)c(Br)c1. The van der Waals surface area contributed by atoms with E-state index >= 15 is 0 Å². The number of nitrogens with zero attached hydrogens (tertiary/aromatic N) is 1. The van der Waals surface area contributed by atoms with Crippen LogP contribution in [0, 0.1) is 0 Å². The maximum absolute atomic E-state index is 13.4. The Kier molecular flexibility index (Phi) is 8.89. The molecule has 0 aromatic heterocycles. The van der Waals surface area contributed by atoms with Gasteiger partial charge in [0.1, 0.15) is 30.3 Å². The van der Waals surface area contributed by atoms with Crippen LogP contribution in [0.5, 0.6) is 11.5 Å². The lowest BCUT2D eigenvalue weighted by atomic mass is 10.1. The second-order valence-corrected chi connectivity index (χ2v) is 11.8. The van der Waals surface area contributed by atoms with Gasteiger partial charge in [0, 0.05) is 15.6 Å². The Bertz CT molecular complexity index is 1990. The molecule has 45 heavy (non-hydrogen) atoms. The molecule has 1 saturated heterocycles. The average Bonchev–Trinajstić information content (AvgIpc) is 3.03. The van der Waals surface area contributed by atoms with Crippen molar-refractivity contribution >= 4 is 79.5 Å². The van der Waals surface area contributed by atoms with Crippen LogP contribution in [0.2, 0.25) is 10.0 Å². The van der Waals surface area contributed by atoms with Gasteiger partial charge in [0.25, 0.3) is 11.8 Å². The minimum Gasteiger partial charge on any atom is -0.489 e. The fourth-order valence-corrected chi connectivity index (χ4v) is 5.82. The molecule has 0 unspecified atom stereocenters. The molecular formula is C35H23BrCl2N2O5. The zero-order valence-electron chi connectivity index (χ0n) is 23.4. The van der Waals surface area contributed by atoms with Crippen molar-refractivity contribution in [1.82, 2.24) is 5.32 Å². The number of rotatable bonds is 8. The number of benzene rings is 5. The second-order valence-electron chi connectivity index (χ2n) is 10.1. The molecule has 0 bridgehead atoms. The number of hydrogen-bond donors (Lipinski definition) is 1. The molecule has 5 aromatic carbocycles. The van der Waals surface area contributed by atoms with Gasteiger partial charge in [-0.05, 0) is 92.4 Å². The fourth-order valence-electron chi connectivity index (χ4n) is 4.85. The Morgan fingerprint density at radius 3 is 2.31 bits per heavy atom. The van der Waals surface area contributed by atoms with Crippen LogP contribution in [-0.4, -0.2) is 17.8 Å². The lowest BCUT2D eigenvalue weighted by Gasteiger charge is -2.26. The van der Waals surface area contributed by atoms with E-state index in [-0.39, 0.29) is 17.9 Å². The average molecular weight is 702 g/mol. The molecule has 224 valence electrons. The molecular weight excluding hydrogens is 679 g/mol. The Labute approximate surface area is 277 Å². The lowest BCUT2D eigenvalue weighted by molar-refractivity contribution is -0.122. The Morgan fingerprint density at radius 1 is 0.778 bits per heavy atom. The molecule has 1 fully saturated rings. The number of carbonyl (C=O) groups excluding carboxylic acids is 3. The monoisotopic (exact) mass is 700 g/mol. The van der Waals surface area contributed by atoms with Crippen molar-refractivity contribution in [3.63, 3.8) is 0 Å². The molecule has 1 aliphatic heterocycles. The van der Waals surface area contributed by atoms with E-state index < -0.39 is 17.8 Å². The summed E-state index contributed by atoms with van der Waals surface area (Å²) in [5.41, 5.74) is 2.44. The van der Waals surface area contributed by atoms with E-state index in [4.69, 9.17) is 32.7 Å². The predicted octanol–water partition coefficient (Wildman–Crippen LogP) is 8.73. The maximum atomic E-state index is 13.4. The number of ether oxygens (including phenoxy) is 2. The van der Waals surface area contributed by atoms with Crippen molar-refractivity contribution in [1.29, 1.82) is 0 Å². The van der Waals surface area contributed by atoms with Crippen molar-refractivity contribution in [3.05, 3.63) is 140 Å². The third kappa shape index (κ3) is 6.73. The standard InChI is InChI=1S/C35H23BrCl2N2O5/c36-30-17-21(8-15-32(30)45-19-23-6-3-5-22-4-1-2-7-28(22)23)16-29-33(41)39-35(43)40(34(29)42)26-11-13-27(14-12-26)44-20-24-9-10-25(37)18-31(24)38/h1-18H,19-20H2,(H,39,41,43)/b29-16+. The van der Waals surface area contributed by atoms with Gasteiger partial charge in [0.15, 0.2) is 0 Å². The van der Waals surface area contributed by atoms with Gasteiger partial charge in [-0.3, -0.25) is 14.9 Å². The summed E-state index contributed by atoms with van der Waals surface area (Å²) < 4.78 is 12.5. The largest absolute Gasteiger partial charge is 0.489 e. The summed E-state index contributed by atoms with van der Waals surface area (Å²) in [4.78, 5) is 39.7. The summed E-state index contributed by atoms with van der Waals surface area (Å²) in [6.07, 6.45) is 1.43. The first-order valence-electron chi connectivity index (χ1n) is 13.7. The number of nitrogens with one attached hydrogen (secondary N) is 1. The van der Waals surface area contributed by atoms with E-state index in [0.29, 0.717) is 38.2 Å². The van der Waals surface area contributed by atoms with Gasteiger partial charge in [0.05, 0.1) is 10.2 Å². The molecule has 0 spiro atoms. The normalized spacial score (nSPS) is 14.2. The molecule has 1 heterocycles. The summed E-state index contributed by atoms with van der Waals surface area (Å²) in [6.45, 7) is 0.555. The number of barbiturate groups is 1. The van der Waals surface area contributed by atoms with Crippen molar-refractivity contribution in [2.75, 3.05) is 4.90 Å². The van der Waals surface area contributed by atoms with E-state index in [1.165, 1.54) is 6.08 Å². The van der Waals surface area contributed by atoms with Gasteiger partial charge in [-0.1, -0.05) is 77.8 Å². The molecule has 0 atom stereocenters. The molecule has 1 aliphatic rings. The van der Waals surface area contributed by atoms with Crippen LogP contribution >= 0.6 is 39.1 Å². The van der Waals surface area contributed by atoms with Gasteiger partial charge in [-0.15, -0.1) is 0 Å². The molecule has 0 aliphatic carbocycles. The number of imide groups is 2.